The molecule has 1 heterocycles. The van der Waals surface area contributed by atoms with Crippen LogP contribution in [0.3, 0.4) is 0 Å². The Labute approximate surface area is 83.3 Å². The number of hydrogen-bond acceptors (Lipinski definition) is 2. The smallest absolute Gasteiger partial charge is 0.220 e. The van der Waals surface area contributed by atoms with Crippen LogP contribution in [0.25, 0.3) is 0 Å². The van der Waals surface area contributed by atoms with Crippen LogP contribution in [0, 0.1) is 0 Å². The van der Waals surface area contributed by atoms with Crippen molar-refractivity contribution in [2.24, 2.45) is 5.73 Å². The molecule has 3 nitrogen and oxygen atoms in total. The Balaban J connectivity index is 2.20. The molecule has 0 unspecified atom stereocenters. The van der Waals surface area contributed by atoms with Crippen LogP contribution in [0.2, 0.25) is 0 Å². The Morgan fingerprint density at radius 1 is 1.29 bits per heavy atom. The van der Waals surface area contributed by atoms with Crippen molar-refractivity contribution in [3.63, 3.8) is 0 Å². The van der Waals surface area contributed by atoms with E-state index in [-0.39, 0.29) is 18.0 Å². The molecule has 1 aliphatic rings. The van der Waals surface area contributed by atoms with Crippen molar-refractivity contribution in [2.75, 3.05) is 0 Å². The summed E-state index contributed by atoms with van der Waals surface area (Å²) in [6.45, 7) is 0. The fourth-order valence-electron chi connectivity index (χ4n) is 1.81. The molecule has 74 valence electrons. The molecule has 0 spiro atoms. The van der Waals surface area contributed by atoms with Gasteiger partial charge in [0.1, 0.15) is 0 Å². The summed E-state index contributed by atoms with van der Waals surface area (Å²) in [5.41, 5.74) is 7.05. The summed E-state index contributed by atoms with van der Waals surface area (Å²) in [7, 11) is 0. The Morgan fingerprint density at radius 2 is 2.00 bits per heavy atom. The van der Waals surface area contributed by atoms with E-state index in [1.54, 1.807) is 0 Å². The fraction of sp³-hybridized carbons (Fsp3) is 0.364. The van der Waals surface area contributed by atoms with E-state index in [0.717, 1.165) is 12.0 Å². The number of hydrogen-bond donors (Lipinski definition) is 2. The zero-order valence-electron chi connectivity index (χ0n) is 7.94. The van der Waals surface area contributed by atoms with Crippen LogP contribution < -0.4 is 11.1 Å². The molecule has 0 aromatic heterocycles. The summed E-state index contributed by atoms with van der Waals surface area (Å²) >= 11 is 0. The van der Waals surface area contributed by atoms with Gasteiger partial charge in [-0.1, -0.05) is 30.3 Å². The van der Waals surface area contributed by atoms with E-state index in [2.05, 4.69) is 5.32 Å². The second-order valence-electron chi connectivity index (χ2n) is 3.66. The number of carbonyl (C=O) groups excluding carboxylic acids is 1. The highest BCUT2D eigenvalue weighted by atomic mass is 16.1. The van der Waals surface area contributed by atoms with Crippen molar-refractivity contribution in [2.45, 2.75) is 24.9 Å². The topological polar surface area (TPSA) is 55.1 Å². The molecule has 2 rings (SSSR count). The van der Waals surface area contributed by atoms with Gasteiger partial charge in [0, 0.05) is 12.5 Å². The molecule has 3 N–H and O–H groups in total. The van der Waals surface area contributed by atoms with E-state index < -0.39 is 0 Å². The van der Waals surface area contributed by atoms with Crippen LogP contribution >= 0.6 is 0 Å². The molecule has 0 saturated carbocycles. The average molecular weight is 190 g/mol. The third-order valence-electron chi connectivity index (χ3n) is 2.61. The van der Waals surface area contributed by atoms with Gasteiger partial charge in [-0.2, -0.15) is 0 Å². The molecule has 0 aliphatic carbocycles. The van der Waals surface area contributed by atoms with Gasteiger partial charge in [-0.05, 0) is 12.0 Å². The summed E-state index contributed by atoms with van der Waals surface area (Å²) in [4.78, 5) is 11.2. The molecule has 1 aromatic carbocycles. The molecule has 0 bridgehead atoms. The van der Waals surface area contributed by atoms with Crippen molar-refractivity contribution in [3.05, 3.63) is 35.9 Å². The number of amides is 1. The van der Waals surface area contributed by atoms with Gasteiger partial charge >= 0.3 is 0 Å². The number of carbonyl (C=O) groups is 1. The minimum Gasteiger partial charge on any atom is -0.348 e. The lowest BCUT2D eigenvalue weighted by Crippen LogP contribution is -2.45. The summed E-state index contributed by atoms with van der Waals surface area (Å²) in [5.74, 6) is 0.0977. The van der Waals surface area contributed by atoms with Crippen LogP contribution in [0.1, 0.15) is 24.4 Å². The molecule has 3 heteroatoms. The van der Waals surface area contributed by atoms with E-state index in [4.69, 9.17) is 5.73 Å². The molecule has 14 heavy (non-hydrogen) atoms. The van der Waals surface area contributed by atoms with Crippen LogP contribution in [-0.4, -0.2) is 11.9 Å². The molecule has 1 fully saturated rings. The molecule has 1 saturated heterocycles. The maximum Gasteiger partial charge on any atom is 0.220 e. The van der Waals surface area contributed by atoms with Gasteiger partial charge in [-0.3, -0.25) is 4.79 Å². The minimum absolute atomic E-state index is 0.0163. The van der Waals surface area contributed by atoms with Crippen LogP contribution in [-0.2, 0) is 4.79 Å². The van der Waals surface area contributed by atoms with Crippen molar-refractivity contribution >= 4 is 5.91 Å². The average Bonchev–Trinajstić information content (AvgIpc) is 2.23. The SMILES string of the molecule is N[C@@H]1CCC(=O)N[C@H]1c1ccccc1. The van der Waals surface area contributed by atoms with E-state index in [9.17, 15) is 4.79 Å². The highest BCUT2D eigenvalue weighted by Crippen LogP contribution is 2.21. The molecular weight excluding hydrogens is 176 g/mol. The lowest BCUT2D eigenvalue weighted by Gasteiger charge is -2.29. The Kier molecular flexibility index (Phi) is 2.50. The lowest BCUT2D eigenvalue weighted by atomic mass is 9.93. The number of nitrogens with two attached hydrogens (primary N) is 1. The standard InChI is InChI=1S/C11H14N2O/c12-9-6-7-10(14)13-11(9)8-4-2-1-3-5-8/h1-5,9,11H,6-7,12H2,(H,13,14)/t9-,11+/m1/s1. The maximum atomic E-state index is 11.2. The number of nitrogens with one attached hydrogen (secondary N) is 1. The number of rotatable bonds is 1. The van der Waals surface area contributed by atoms with Gasteiger partial charge in [0.25, 0.3) is 0 Å². The van der Waals surface area contributed by atoms with Crippen molar-refractivity contribution in [3.8, 4) is 0 Å². The molecule has 1 aromatic rings. The van der Waals surface area contributed by atoms with Crippen molar-refractivity contribution < 1.29 is 4.79 Å². The maximum absolute atomic E-state index is 11.2. The molecule has 0 radical (unpaired) electrons. The van der Waals surface area contributed by atoms with Gasteiger partial charge < -0.3 is 11.1 Å². The second kappa shape index (κ2) is 3.80. The normalized spacial score (nSPS) is 27.1. The quantitative estimate of drug-likeness (QED) is 0.693. The lowest BCUT2D eigenvalue weighted by molar-refractivity contribution is -0.123. The fourth-order valence-corrected chi connectivity index (χ4v) is 1.81. The molecule has 1 aliphatic heterocycles. The Hall–Kier alpha value is -1.35. The van der Waals surface area contributed by atoms with Crippen LogP contribution in [0.5, 0.6) is 0 Å². The first kappa shape index (κ1) is 9.21. The monoisotopic (exact) mass is 190 g/mol. The predicted octanol–water partition coefficient (Wildman–Crippen LogP) is 0.965. The third-order valence-corrected chi connectivity index (χ3v) is 2.61. The Morgan fingerprint density at radius 3 is 2.71 bits per heavy atom. The zero-order valence-corrected chi connectivity index (χ0v) is 7.94. The highest BCUT2D eigenvalue weighted by molar-refractivity contribution is 5.77. The third kappa shape index (κ3) is 1.77. The summed E-state index contributed by atoms with van der Waals surface area (Å²) in [5, 5.41) is 2.92. The summed E-state index contributed by atoms with van der Waals surface area (Å²) in [6, 6.07) is 9.89. The summed E-state index contributed by atoms with van der Waals surface area (Å²) < 4.78 is 0. The minimum atomic E-state index is -0.0163. The van der Waals surface area contributed by atoms with Crippen LogP contribution in [0.15, 0.2) is 30.3 Å². The van der Waals surface area contributed by atoms with E-state index >= 15 is 0 Å². The number of benzene rings is 1. The summed E-state index contributed by atoms with van der Waals surface area (Å²) in [6.07, 6.45) is 1.32. The van der Waals surface area contributed by atoms with Gasteiger partial charge in [0.05, 0.1) is 6.04 Å². The van der Waals surface area contributed by atoms with E-state index in [0.29, 0.717) is 6.42 Å². The van der Waals surface area contributed by atoms with Gasteiger partial charge in [-0.15, -0.1) is 0 Å². The zero-order chi connectivity index (χ0) is 9.97. The highest BCUT2D eigenvalue weighted by Gasteiger charge is 2.26. The molecular formula is C11H14N2O. The number of piperidine rings is 1. The van der Waals surface area contributed by atoms with Crippen molar-refractivity contribution in [1.29, 1.82) is 0 Å². The first-order valence-electron chi connectivity index (χ1n) is 4.87. The van der Waals surface area contributed by atoms with Gasteiger partial charge in [-0.25, -0.2) is 0 Å². The second-order valence-corrected chi connectivity index (χ2v) is 3.66. The van der Waals surface area contributed by atoms with Crippen LogP contribution in [0.4, 0.5) is 0 Å². The predicted molar refractivity (Wildman–Crippen MR) is 54.5 cm³/mol. The first-order chi connectivity index (χ1) is 6.77. The van der Waals surface area contributed by atoms with Gasteiger partial charge in [0.15, 0.2) is 0 Å². The Bertz CT molecular complexity index is 323. The largest absolute Gasteiger partial charge is 0.348 e. The molecule has 2 atom stereocenters. The van der Waals surface area contributed by atoms with E-state index in [1.165, 1.54) is 0 Å². The van der Waals surface area contributed by atoms with Crippen molar-refractivity contribution in [1.82, 2.24) is 5.32 Å². The van der Waals surface area contributed by atoms with E-state index in [1.807, 2.05) is 30.3 Å². The molecule has 1 amide bonds. The first-order valence-corrected chi connectivity index (χ1v) is 4.87. The van der Waals surface area contributed by atoms with Gasteiger partial charge in [0.2, 0.25) is 5.91 Å².